The Labute approximate surface area is 113 Å². The van der Waals surface area contributed by atoms with Gasteiger partial charge in [0.25, 0.3) is 0 Å². The summed E-state index contributed by atoms with van der Waals surface area (Å²) in [5.74, 6) is -0.505. The number of carboxylic acid groups (broad SMARTS) is 1. The first-order valence-electron chi connectivity index (χ1n) is 7.13. The van der Waals surface area contributed by atoms with Gasteiger partial charge in [0.05, 0.1) is 6.42 Å². The highest BCUT2D eigenvalue weighted by atomic mass is 16.4. The van der Waals surface area contributed by atoms with E-state index in [9.17, 15) is 9.59 Å². The van der Waals surface area contributed by atoms with Gasteiger partial charge in [-0.15, -0.1) is 0 Å². The standard InChI is InChI=1S/C13H23N3O3/c17-12(18)9-11(10-3-4-10)15-13(19)14-5-8-16-6-1-2-7-16/h10-11H,1-9H2,(H,17,18)(H2,14,15,19). The summed E-state index contributed by atoms with van der Waals surface area (Å²) >= 11 is 0. The maximum Gasteiger partial charge on any atom is 0.315 e. The van der Waals surface area contributed by atoms with Gasteiger partial charge in [-0.05, 0) is 44.7 Å². The number of hydrogen-bond donors (Lipinski definition) is 3. The number of rotatable bonds is 7. The first kappa shape index (κ1) is 14.1. The number of aliphatic carboxylic acids is 1. The molecule has 0 aromatic rings. The van der Waals surface area contributed by atoms with Gasteiger partial charge in [-0.3, -0.25) is 4.79 Å². The maximum atomic E-state index is 11.7. The van der Waals surface area contributed by atoms with Crippen LogP contribution < -0.4 is 10.6 Å². The molecule has 1 atom stereocenters. The fourth-order valence-electron chi connectivity index (χ4n) is 2.58. The maximum absolute atomic E-state index is 11.7. The Morgan fingerprint density at radius 1 is 1.26 bits per heavy atom. The topological polar surface area (TPSA) is 81.7 Å². The molecule has 2 aliphatic rings. The van der Waals surface area contributed by atoms with E-state index in [1.807, 2.05) is 0 Å². The second-order valence-electron chi connectivity index (χ2n) is 5.49. The molecule has 1 aliphatic heterocycles. The van der Waals surface area contributed by atoms with Crippen molar-refractivity contribution in [1.82, 2.24) is 15.5 Å². The van der Waals surface area contributed by atoms with Crippen LogP contribution in [0.15, 0.2) is 0 Å². The molecule has 108 valence electrons. The molecule has 3 N–H and O–H groups in total. The molecule has 1 saturated carbocycles. The molecular formula is C13H23N3O3. The summed E-state index contributed by atoms with van der Waals surface area (Å²) in [6.07, 6.45) is 4.55. The van der Waals surface area contributed by atoms with Crippen LogP contribution in [0.2, 0.25) is 0 Å². The Hall–Kier alpha value is -1.30. The molecule has 0 radical (unpaired) electrons. The molecule has 1 heterocycles. The first-order chi connectivity index (χ1) is 9.15. The van der Waals surface area contributed by atoms with E-state index < -0.39 is 5.97 Å². The molecule has 1 aliphatic carbocycles. The van der Waals surface area contributed by atoms with Gasteiger partial charge in [0, 0.05) is 19.1 Å². The van der Waals surface area contributed by atoms with Crippen molar-refractivity contribution in [1.29, 1.82) is 0 Å². The minimum atomic E-state index is -0.853. The second-order valence-corrected chi connectivity index (χ2v) is 5.49. The van der Waals surface area contributed by atoms with E-state index in [0.29, 0.717) is 12.5 Å². The number of carbonyl (C=O) groups is 2. The minimum absolute atomic E-state index is 0.0181. The molecular weight excluding hydrogens is 246 g/mol. The Morgan fingerprint density at radius 2 is 1.95 bits per heavy atom. The molecule has 2 amide bonds. The van der Waals surface area contributed by atoms with Crippen LogP contribution in [0, 0.1) is 5.92 Å². The van der Waals surface area contributed by atoms with Crippen molar-refractivity contribution < 1.29 is 14.7 Å². The van der Waals surface area contributed by atoms with Gasteiger partial charge >= 0.3 is 12.0 Å². The van der Waals surface area contributed by atoms with E-state index in [1.165, 1.54) is 12.8 Å². The van der Waals surface area contributed by atoms with E-state index in [4.69, 9.17) is 5.11 Å². The number of hydrogen-bond acceptors (Lipinski definition) is 3. The van der Waals surface area contributed by atoms with Gasteiger partial charge < -0.3 is 20.6 Å². The third kappa shape index (κ3) is 5.06. The van der Waals surface area contributed by atoms with Crippen LogP contribution in [0.4, 0.5) is 4.79 Å². The molecule has 0 bridgehead atoms. The van der Waals surface area contributed by atoms with Crippen LogP contribution >= 0.6 is 0 Å². The van der Waals surface area contributed by atoms with Crippen LogP contribution in [-0.4, -0.2) is 54.2 Å². The van der Waals surface area contributed by atoms with Gasteiger partial charge in [0.2, 0.25) is 0 Å². The first-order valence-corrected chi connectivity index (χ1v) is 7.13. The molecule has 6 heteroatoms. The average molecular weight is 269 g/mol. The lowest BCUT2D eigenvalue weighted by Crippen LogP contribution is -2.45. The predicted molar refractivity (Wildman–Crippen MR) is 71.0 cm³/mol. The lowest BCUT2D eigenvalue weighted by Gasteiger charge is -2.18. The van der Waals surface area contributed by atoms with Crippen molar-refractivity contribution in [3.05, 3.63) is 0 Å². The largest absolute Gasteiger partial charge is 0.481 e. The van der Waals surface area contributed by atoms with Crippen molar-refractivity contribution in [2.45, 2.75) is 38.1 Å². The zero-order chi connectivity index (χ0) is 13.7. The molecule has 19 heavy (non-hydrogen) atoms. The van der Waals surface area contributed by atoms with Crippen LogP contribution in [0.1, 0.15) is 32.1 Å². The lowest BCUT2D eigenvalue weighted by atomic mass is 10.1. The summed E-state index contributed by atoms with van der Waals surface area (Å²) in [4.78, 5) is 24.8. The molecule has 2 fully saturated rings. The number of likely N-dealkylation sites (tertiary alicyclic amines) is 1. The molecule has 2 rings (SSSR count). The van der Waals surface area contributed by atoms with Crippen LogP contribution in [0.3, 0.4) is 0 Å². The summed E-state index contributed by atoms with van der Waals surface area (Å²) in [6, 6.07) is -0.457. The lowest BCUT2D eigenvalue weighted by molar-refractivity contribution is -0.137. The fourth-order valence-corrected chi connectivity index (χ4v) is 2.58. The van der Waals surface area contributed by atoms with Crippen LogP contribution in [0.25, 0.3) is 0 Å². The van der Waals surface area contributed by atoms with Gasteiger partial charge in [-0.25, -0.2) is 4.79 Å². The summed E-state index contributed by atoms with van der Waals surface area (Å²) < 4.78 is 0. The average Bonchev–Trinajstić information content (AvgIpc) is 3.07. The smallest absolute Gasteiger partial charge is 0.315 e. The number of amides is 2. The number of carboxylic acids is 1. The highest BCUT2D eigenvalue weighted by molar-refractivity contribution is 5.75. The Balaban J connectivity index is 1.62. The molecule has 6 nitrogen and oxygen atoms in total. The Bertz CT molecular complexity index is 325. The van der Waals surface area contributed by atoms with E-state index in [2.05, 4.69) is 15.5 Å². The quantitative estimate of drug-likeness (QED) is 0.633. The van der Waals surface area contributed by atoms with Gasteiger partial charge in [-0.1, -0.05) is 0 Å². The second kappa shape index (κ2) is 6.75. The van der Waals surface area contributed by atoms with Gasteiger partial charge in [-0.2, -0.15) is 0 Å². The normalized spacial score (nSPS) is 21.1. The van der Waals surface area contributed by atoms with Crippen molar-refractivity contribution in [3.63, 3.8) is 0 Å². The van der Waals surface area contributed by atoms with Gasteiger partial charge in [0.1, 0.15) is 0 Å². The third-order valence-corrected chi connectivity index (χ3v) is 3.81. The molecule has 1 saturated heterocycles. The van der Waals surface area contributed by atoms with Crippen LogP contribution in [0.5, 0.6) is 0 Å². The highest BCUT2D eigenvalue weighted by Crippen LogP contribution is 2.33. The summed E-state index contributed by atoms with van der Waals surface area (Å²) in [5, 5.41) is 14.4. The number of nitrogens with zero attached hydrogens (tertiary/aromatic N) is 1. The molecule has 0 aromatic carbocycles. The SMILES string of the molecule is O=C(O)CC(NC(=O)NCCN1CCCC1)C1CC1. The monoisotopic (exact) mass is 269 g/mol. The van der Waals surface area contributed by atoms with Crippen molar-refractivity contribution in [2.24, 2.45) is 5.92 Å². The number of nitrogens with one attached hydrogen (secondary N) is 2. The predicted octanol–water partition coefficient (Wildman–Crippen LogP) is 0.635. The third-order valence-electron chi connectivity index (χ3n) is 3.81. The summed E-state index contributed by atoms with van der Waals surface area (Å²) in [7, 11) is 0. The van der Waals surface area contributed by atoms with Crippen molar-refractivity contribution >= 4 is 12.0 Å². The summed E-state index contributed by atoms with van der Waals surface area (Å²) in [6.45, 7) is 3.73. The van der Waals surface area contributed by atoms with Crippen LogP contribution in [-0.2, 0) is 4.79 Å². The Morgan fingerprint density at radius 3 is 2.53 bits per heavy atom. The number of carbonyl (C=O) groups excluding carboxylic acids is 1. The summed E-state index contributed by atoms with van der Waals surface area (Å²) in [5.41, 5.74) is 0. The van der Waals surface area contributed by atoms with Gasteiger partial charge in [0.15, 0.2) is 0 Å². The zero-order valence-corrected chi connectivity index (χ0v) is 11.2. The minimum Gasteiger partial charge on any atom is -0.481 e. The van der Waals surface area contributed by atoms with E-state index in [1.54, 1.807) is 0 Å². The Kier molecular flexibility index (Phi) is 5.01. The fraction of sp³-hybridized carbons (Fsp3) is 0.846. The zero-order valence-electron chi connectivity index (χ0n) is 11.2. The van der Waals surface area contributed by atoms with Crippen molar-refractivity contribution in [3.8, 4) is 0 Å². The van der Waals surface area contributed by atoms with E-state index in [-0.39, 0.29) is 18.5 Å². The molecule has 1 unspecified atom stereocenters. The van der Waals surface area contributed by atoms with E-state index >= 15 is 0 Å². The molecule has 0 aromatic heterocycles. The highest BCUT2D eigenvalue weighted by Gasteiger charge is 2.33. The van der Waals surface area contributed by atoms with E-state index in [0.717, 1.165) is 32.5 Å². The van der Waals surface area contributed by atoms with Crippen molar-refractivity contribution in [2.75, 3.05) is 26.2 Å². The molecule has 0 spiro atoms. The number of urea groups is 1.